The molecule has 0 aromatic heterocycles. The summed E-state index contributed by atoms with van der Waals surface area (Å²) in [6.07, 6.45) is 2.68. The van der Waals surface area contributed by atoms with E-state index < -0.39 is 12.7 Å². The van der Waals surface area contributed by atoms with Gasteiger partial charge in [-0.2, -0.15) is 13.2 Å². The quantitative estimate of drug-likeness (QED) is 0.815. The number of alkyl halides is 3. The molecule has 6 heteroatoms. The highest BCUT2D eigenvalue weighted by atomic mass is 19.4. The maximum absolute atomic E-state index is 12.4. The Balaban J connectivity index is 1.66. The van der Waals surface area contributed by atoms with Gasteiger partial charge in [-0.15, -0.1) is 0 Å². The number of likely N-dealkylation sites (tertiary alicyclic amines) is 1. The first-order valence-electron chi connectivity index (χ1n) is 9.21. The first kappa shape index (κ1) is 19.5. The third kappa shape index (κ3) is 6.26. The first-order chi connectivity index (χ1) is 11.2. The zero-order valence-electron chi connectivity index (χ0n) is 14.9. The number of nitrogens with zero attached hydrogens (tertiary/aromatic N) is 1. The van der Waals surface area contributed by atoms with Crippen molar-refractivity contribution >= 4 is 5.91 Å². The van der Waals surface area contributed by atoms with E-state index in [2.05, 4.69) is 19.2 Å². The Morgan fingerprint density at radius 1 is 1.17 bits per heavy atom. The lowest BCUT2D eigenvalue weighted by atomic mass is 9.67. The van der Waals surface area contributed by atoms with Gasteiger partial charge in [0.25, 0.3) is 0 Å². The normalized spacial score (nSPS) is 26.3. The van der Waals surface area contributed by atoms with Crippen LogP contribution in [0.25, 0.3) is 0 Å². The summed E-state index contributed by atoms with van der Waals surface area (Å²) in [4.78, 5) is 13.7. The van der Waals surface area contributed by atoms with Crippen LogP contribution in [0, 0.1) is 17.3 Å². The van der Waals surface area contributed by atoms with Crippen molar-refractivity contribution in [2.75, 3.05) is 26.2 Å². The van der Waals surface area contributed by atoms with E-state index in [0.717, 1.165) is 19.3 Å². The van der Waals surface area contributed by atoms with Crippen LogP contribution in [0.5, 0.6) is 0 Å². The number of hydrogen-bond donors (Lipinski definition) is 1. The van der Waals surface area contributed by atoms with Crippen LogP contribution in [0.4, 0.5) is 13.2 Å². The minimum Gasteiger partial charge on any atom is -0.356 e. The highest BCUT2D eigenvalue weighted by Gasteiger charge is 2.34. The van der Waals surface area contributed by atoms with E-state index in [1.165, 1.54) is 24.2 Å². The summed E-state index contributed by atoms with van der Waals surface area (Å²) >= 11 is 0. The molecule has 24 heavy (non-hydrogen) atoms. The number of piperidine rings is 1. The van der Waals surface area contributed by atoms with Gasteiger partial charge in [-0.25, -0.2) is 0 Å². The number of carbonyl (C=O) groups excluding carboxylic acids is 1. The van der Waals surface area contributed by atoms with Gasteiger partial charge in [0.2, 0.25) is 5.91 Å². The zero-order valence-corrected chi connectivity index (χ0v) is 14.9. The summed E-state index contributed by atoms with van der Waals surface area (Å²) < 4.78 is 37.1. The first-order valence-corrected chi connectivity index (χ1v) is 9.21. The van der Waals surface area contributed by atoms with Crippen LogP contribution in [0.2, 0.25) is 0 Å². The van der Waals surface area contributed by atoms with E-state index in [9.17, 15) is 18.0 Å². The lowest BCUT2D eigenvalue weighted by molar-refractivity contribution is -0.148. The molecule has 3 nitrogen and oxygen atoms in total. The fraction of sp³-hybridized carbons (Fsp3) is 0.944. The topological polar surface area (TPSA) is 32.3 Å². The number of carbonyl (C=O) groups is 1. The number of nitrogens with one attached hydrogen (secondary N) is 1. The number of hydrogen-bond acceptors (Lipinski definition) is 2. The second kappa shape index (κ2) is 8.07. The van der Waals surface area contributed by atoms with Crippen molar-refractivity contribution in [1.29, 1.82) is 0 Å². The van der Waals surface area contributed by atoms with Gasteiger partial charge in [-0.1, -0.05) is 26.7 Å². The fourth-order valence-corrected chi connectivity index (χ4v) is 4.10. The van der Waals surface area contributed by atoms with E-state index in [1.54, 1.807) is 0 Å². The second-order valence-corrected chi connectivity index (χ2v) is 8.27. The summed E-state index contributed by atoms with van der Waals surface area (Å²) in [6, 6.07) is 0. The van der Waals surface area contributed by atoms with Crippen LogP contribution in [-0.4, -0.2) is 43.2 Å². The van der Waals surface area contributed by atoms with E-state index in [-0.39, 0.29) is 11.3 Å². The second-order valence-electron chi connectivity index (χ2n) is 8.27. The van der Waals surface area contributed by atoms with E-state index >= 15 is 0 Å². The van der Waals surface area contributed by atoms with E-state index in [0.29, 0.717) is 37.9 Å². The van der Waals surface area contributed by atoms with E-state index in [4.69, 9.17) is 0 Å². The SMILES string of the molecule is CC1(C)CCCCC1CC(=O)NCC1CCN(CC(F)(F)F)CC1. The van der Waals surface area contributed by atoms with Crippen molar-refractivity contribution in [2.24, 2.45) is 17.3 Å². The van der Waals surface area contributed by atoms with E-state index in [1.807, 2.05) is 0 Å². The van der Waals surface area contributed by atoms with Gasteiger partial charge < -0.3 is 5.32 Å². The van der Waals surface area contributed by atoms with Gasteiger partial charge in [-0.3, -0.25) is 9.69 Å². The van der Waals surface area contributed by atoms with Gasteiger partial charge >= 0.3 is 6.18 Å². The number of amides is 1. The maximum Gasteiger partial charge on any atom is 0.401 e. The molecule has 1 heterocycles. The van der Waals surface area contributed by atoms with Crippen molar-refractivity contribution in [3.8, 4) is 0 Å². The molecule has 0 radical (unpaired) electrons. The van der Waals surface area contributed by atoms with Gasteiger partial charge in [0.05, 0.1) is 6.54 Å². The minimum atomic E-state index is -4.12. The largest absolute Gasteiger partial charge is 0.401 e. The van der Waals surface area contributed by atoms with Crippen molar-refractivity contribution in [2.45, 2.75) is 65.0 Å². The molecule has 2 fully saturated rings. The van der Waals surface area contributed by atoms with Crippen LogP contribution in [0.1, 0.15) is 58.8 Å². The Morgan fingerprint density at radius 3 is 2.42 bits per heavy atom. The highest BCUT2D eigenvalue weighted by Crippen LogP contribution is 2.42. The smallest absolute Gasteiger partial charge is 0.356 e. The molecule has 1 unspecified atom stereocenters. The average molecular weight is 348 g/mol. The van der Waals surface area contributed by atoms with Gasteiger partial charge in [-0.05, 0) is 56.0 Å². The molecular weight excluding hydrogens is 317 g/mol. The summed E-state index contributed by atoms with van der Waals surface area (Å²) in [6.45, 7) is 5.22. The Labute approximate surface area is 143 Å². The average Bonchev–Trinajstić information content (AvgIpc) is 2.47. The van der Waals surface area contributed by atoms with Crippen molar-refractivity contribution in [1.82, 2.24) is 10.2 Å². The molecule has 2 rings (SSSR count). The van der Waals surface area contributed by atoms with Crippen LogP contribution < -0.4 is 5.32 Å². The molecule has 0 aromatic carbocycles. The Hall–Kier alpha value is -0.780. The molecule has 0 spiro atoms. The van der Waals surface area contributed by atoms with Gasteiger partial charge in [0, 0.05) is 13.0 Å². The molecule has 1 aliphatic carbocycles. The Morgan fingerprint density at radius 2 is 1.83 bits per heavy atom. The lowest BCUT2D eigenvalue weighted by Crippen LogP contribution is -2.43. The molecule has 140 valence electrons. The predicted octanol–water partition coefficient (Wildman–Crippen LogP) is 3.98. The maximum atomic E-state index is 12.4. The predicted molar refractivity (Wildman–Crippen MR) is 88.6 cm³/mol. The van der Waals surface area contributed by atoms with Crippen LogP contribution in [0.3, 0.4) is 0 Å². The summed E-state index contributed by atoms with van der Waals surface area (Å²) in [5, 5.41) is 3.02. The summed E-state index contributed by atoms with van der Waals surface area (Å²) in [5.74, 6) is 0.852. The molecule has 1 N–H and O–H groups in total. The number of rotatable bonds is 5. The fourth-order valence-electron chi connectivity index (χ4n) is 4.10. The van der Waals surface area contributed by atoms with Crippen molar-refractivity contribution in [3.63, 3.8) is 0 Å². The highest BCUT2D eigenvalue weighted by molar-refractivity contribution is 5.76. The summed E-state index contributed by atoms with van der Waals surface area (Å²) in [7, 11) is 0. The molecule has 1 amide bonds. The molecule has 1 saturated carbocycles. The molecule has 1 aliphatic heterocycles. The van der Waals surface area contributed by atoms with Crippen LogP contribution in [0.15, 0.2) is 0 Å². The van der Waals surface area contributed by atoms with Crippen LogP contribution in [-0.2, 0) is 4.79 Å². The lowest BCUT2D eigenvalue weighted by Gasteiger charge is -2.38. The van der Waals surface area contributed by atoms with Crippen LogP contribution >= 0.6 is 0 Å². The standard InChI is InChI=1S/C18H31F3N2O/c1-17(2)8-4-3-5-15(17)11-16(24)22-12-14-6-9-23(10-7-14)13-18(19,20)21/h14-15H,3-13H2,1-2H3,(H,22,24). The summed E-state index contributed by atoms with van der Waals surface area (Å²) in [5.41, 5.74) is 0.235. The van der Waals surface area contributed by atoms with Crippen molar-refractivity contribution in [3.05, 3.63) is 0 Å². The molecule has 2 aliphatic rings. The Kier molecular flexibility index (Phi) is 6.57. The van der Waals surface area contributed by atoms with Gasteiger partial charge in [0.1, 0.15) is 0 Å². The Bertz CT molecular complexity index is 415. The monoisotopic (exact) mass is 348 g/mol. The minimum absolute atomic E-state index is 0.104. The molecule has 1 atom stereocenters. The zero-order chi connectivity index (χ0) is 17.8. The number of halogens is 3. The molecule has 1 saturated heterocycles. The third-order valence-corrected chi connectivity index (χ3v) is 5.86. The molecule has 0 bridgehead atoms. The molecular formula is C18H31F3N2O. The third-order valence-electron chi connectivity index (χ3n) is 5.86. The molecule has 0 aromatic rings. The van der Waals surface area contributed by atoms with Crippen molar-refractivity contribution < 1.29 is 18.0 Å². The van der Waals surface area contributed by atoms with Gasteiger partial charge in [0.15, 0.2) is 0 Å².